The summed E-state index contributed by atoms with van der Waals surface area (Å²) < 4.78 is 5.19. The SMILES string of the molecule is COc1ccc(-c2nc(C)nc(CCc3ccccc3)n2)cc1. The van der Waals surface area contributed by atoms with Crippen LogP contribution in [0.3, 0.4) is 0 Å². The lowest BCUT2D eigenvalue weighted by molar-refractivity contribution is 0.415. The Kier molecular flexibility index (Phi) is 4.62. The third kappa shape index (κ3) is 3.92. The first-order valence-electron chi connectivity index (χ1n) is 7.64. The molecule has 0 atom stereocenters. The standard InChI is InChI=1S/C19H19N3O/c1-14-20-18(13-8-15-6-4-3-5-7-15)22-19(21-14)16-9-11-17(23-2)12-10-16/h3-7,9-12H,8,13H2,1-2H3. The number of rotatable bonds is 5. The Morgan fingerprint density at radius 1 is 0.826 bits per heavy atom. The van der Waals surface area contributed by atoms with E-state index in [0.717, 1.165) is 35.8 Å². The molecule has 0 fully saturated rings. The van der Waals surface area contributed by atoms with Gasteiger partial charge in [-0.3, -0.25) is 0 Å². The summed E-state index contributed by atoms with van der Waals surface area (Å²) in [6, 6.07) is 18.1. The maximum absolute atomic E-state index is 5.19. The molecular weight excluding hydrogens is 286 g/mol. The minimum absolute atomic E-state index is 0.711. The van der Waals surface area contributed by atoms with Crippen molar-refractivity contribution in [1.82, 2.24) is 15.0 Å². The molecule has 0 radical (unpaired) electrons. The molecule has 0 aliphatic carbocycles. The molecule has 116 valence electrons. The van der Waals surface area contributed by atoms with Crippen molar-refractivity contribution < 1.29 is 4.74 Å². The van der Waals surface area contributed by atoms with Crippen molar-refractivity contribution in [1.29, 1.82) is 0 Å². The van der Waals surface area contributed by atoms with Crippen molar-refractivity contribution in [2.75, 3.05) is 7.11 Å². The van der Waals surface area contributed by atoms with E-state index in [1.54, 1.807) is 7.11 Å². The zero-order valence-electron chi connectivity index (χ0n) is 13.4. The lowest BCUT2D eigenvalue weighted by Crippen LogP contribution is -2.04. The Balaban J connectivity index is 1.80. The average molecular weight is 305 g/mol. The normalized spacial score (nSPS) is 10.5. The van der Waals surface area contributed by atoms with E-state index >= 15 is 0 Å². The van der Waals surface area contributed by atoms with Gasteiger partial charge in [-0.2, -0.15) is 0 Å². The monoisotopic (exact) mass is 305 g/mol. The Bertz CT molecular complexity index is 770. The number of aryl methyl sites for hydroxylation is 3. The highest BCUT2D eigenvalue weighted by molar-refractivity contribution is 5.56. The number of hydrogen-bond acceptors (Lipinski definition) is 4. The number of methoxy groups -OCH3 is 1. The number of ether oxygens (including phenoxy) is 1. The number of nitrogens with zero attached hydrogens (tertiary/aromatic N) is 3. The zero-order valence-corrected chi connectivity index (χ0v) is 13.4. The van der Waals surface area contributed by atoms with Crippen molar-refractivity contribution in [3.63, 3.8) is 0 Å². The van der Waals surface area contributed by atoms with Gasteiger partial charge in [-0.25, -0.2) is 15.0 Å². The van der Waals surface area contributed by atoms with Crippen LogP contribution in [0.1, 0.15) is 17.2 Å². The highest BCUT2D eigenvalue weighted by Crippen LogP contribution is 2.19. The first-order chi connectivity index (χ1) is 11.2. The number of benzene rings is 2. The van der Waals surface area contributed by atoms with Crippen molar-refractivity contribution in [2.24, 2.45) is 0 Å². The maximum Gasteiger partial charge on any atom is 0.163 e. The van der Waals surface area contributed by atoms with Crippen LogP contribution < -0.4 is 4.74 Å². The summed E-state index contributed by atoms with van der Waals surface area (Å²) >= 11 is 0. The molecule has 4 nitrogen and oxygen atoms in total. The Labute approximate surface area is 136 Å². The molecule has 0 unspecified atom stereocenters. The van der Waals surface area contributed by atoms with Crippen LogP contribution in [0.25, 0.3) is 11.4 Å². The fourth-order valence-corrected chi connectivity index (χ4v) is 2.42. The molecule has 0 saturated carbocycles. The number of hydrogen-bond donors (Lipinski definition) is 0. The molecule has 0 aliphatic heterocycles. The average Bonchev–Trinajstić information content (AvgIpc) is 2.60. The van der Waals surface area contributed by atoms with Gasteiger partial charge in [-0.1, -0.05) is 30.3 Å². The second-order valence-electron chi connectivity index (χ2n) is 5.34. The lowest BCUT2D eigenvalue weighted by Gasteiger charge is -2.06. The summed E-state index contributed by atoms with van der Waals surface area (Å²) in [6.07, 6.45) is 1.73. The Hall–Kier alpha value is -2.75. The molecule has 3 aromatic rings. The largest absolute Gasteiger partial charge is 0.497 e. The molecule has 0 aliphatic rings. The maximum atomic E-state index is 5.19. The van der Waals surface area contributed by atoms with E-state index in [-0.39, 0.29) is 0 Å². The van der Waals surface area contributed by atoms with Crippen molar-refractivity contribution in [2.45, 2.75) is 19.8 Å². The second kappa shape index (κ2) is 7.01. The molecule has 0 amide bonds. The van der Waals surface area contributed by atoms with Crippen LogP contribution in [0.2, 0.25) is 0 Å². The molecule has 4 heteroatoms. The van der Waals surface area contributed by atoms with Gasteiger partial charge >= 0.3 is 0 Å². The molecule has 0 bridgehead atoms. The summed E-state index contributed by atoms with van der Waals surface area (Å²) in [6.45, 7) is 1.90. The highest BCUT2D eigenvalue weighted by atomic mass is 16.5. The first-order valence-corrected chi connectivity index (χ1v) is 7.64. The predicted molar refractivity (Wildman–Crippen MR) is 90.4 cm³/mol. The van der Waals surface area contributed by atoms with Gasteiger partial charge in [-0.05, 0) is 43.2 Å². The van der Waals surface area contributed by atoms with E-state index in [1.807, 2.05) is 37.3 Å². The summed E-state index contributed by atoms with van der Waals surface area (Å²) in [5, 5.41) is 0. The molecule has 1 heterocycles. The van der Waals surface area contributed by atoms with Crippen LogP contribution in [0.4, 0.5) is 0 Å². The van der Waals surface area contributed by atoms with E-state index in [9.17, 15) is 0 Å². The van der Waals surface area contributed by atoms with Gasteiger partial charge in [0.25, 0.3) is 0 Å². The van der Waals surface area contributed by atoms with Crippen molar-refractivity contribution in [3.05, 3.63) is 71.8 Å². The van der Waals surface area contributed by atoms with Gasteiger partial charge in [0, 0.05) is 12.0 Å². The molecular formula is C19H19N3O. The van der Waals surface area contributed by atoms with E-state index in [4.69, 9.17) is 4.74 Å². The molecule has 3 rings (SSSR count). The lowest BCUT2D eigenvalue weighted by atomic mass is 10.1. The molecule has 2 aromatic carbocycles. The topological polar surface area (TPSA) is 47.9 Å². The van der Waals surface area contributed by atoms with E-state index in [0.29, 0.717) is 5.82 Å². The van der Waals surface area contributed by atoms with Crippen LogP contribution in [0.5, 0.6) is 5.75 Å². The van der Waals surface area contributed by atoms with Crippen LogP contribution in [0.15, 0.2) is 54.6 Å². The van der Waals surface area contributed by atoms with Crippen LogP contribution >= 0.6 is 0 Å². The highest BCUT2D eigenvalue weighted by Gasteiger charge is 2.07. The predicted octanol–water partition coefficient (Wildman–Crippen LogP) is 3.64. The van der Waals surface area contributed by atoms with Crippen LogP contribution in [-0.4, -0.2) is 22.1 Å². The van der Waals surface area contributed by atoms with Crippen LogP contribution in [0, 0.1) is 6.92 Å². The quantitative estimate of drug-likeness (QED) is 0.722. The fourth-order valence-electron chi connectivity index (χ4n) is 2.42. The van der Waals surface area contributed by atoms with E-state index in [1.165, 1.54) is 5.56 Å². The van der Waals surface area contributed by atoms with Crippen LogP contribution in [-0.2, 0) is 12.8 Å². The molecule has 23 heavy (non-hydrogen) atoms. The minimum atomic E-state index is 0.711. The van der Waals surface area contributed by atoms with Gasteiger partial charge in [0.1, 0.15) is 17.4 Å². The smallest absolute Gasteiger partial charge is 0.163 e. The summed E-state index contributed by atoms with van der Waals surface area (Å²) in [5.41, 5.74) is 2.26. The van der Waals surface area contributed by atoms with Gasteiger partial charge in [0.2, 0.25) is 0 Å². The van der Waals surface area contributed by atoms with Crippen molar-refractivity contribution in [3.8, 4) is 17.1 Å². The van der Waals surface area contributed by atoms with Gasteiger partial charge in [0.15, 0.2) is 5.82 Å². The van der Waals surface area contributed by atoms with Gasteiger partial charge < -0.3 is 4.74 Å². The minimum Gasteiger partial charge on any atom is -0.497 e. The first kappa shape index (κ1) is 15.2. The molecule has 0 N–H and O–H groups in total. The summed E-state index contributed by atoms with van der Waals surface area (Å²) in [7, 11) is 1.66. The molecule has 0 spiro atoms. The summed E-state index contributed by atoms with van der Waals surface area (Å²) in [5.74, 6) is 3.10. The summed E-state index contributed by atoms with van der Waals surface area (Å²) in [4.78, 5) is 13.5. The molecule has 0 saturated heterocycles. The van der Waals surface area contributed by atoms with E-state index < -0.39 is 0 Å². The Morgan fingerprint density at radius 3 is 2.26 bits per heavy atom. The van der Waals surface area contributed by atoms with E-state index in [2.05, 4.69) is 39.2 Å². The third-order valence-corrected chi connectivity index (χ3v) is 3.62. The third-order valence-electron chi connectivity index (χ3n) is 3.62. The Morgan fingerprint density at radius 2 is 1.57 bits per heavy atom. The fraction of sp³-hybridized carbons (Fsp3) is 0.211. The second-order valence-corrected chi connectivity index (χ2v) is 5.34. The zero-order chi connectivity index (χ0) is 16.1. The van der Waals surface area contributed by atoms with Gasteiger partial charge in [-0.15, -0.1) is 0 Å². The molecule has 1 aromatic heterocycles. The van der Waals surface area contributed by atoms with Crippen molar-refractivity contribution >= 4 is 0 Å². The number of aromatic nitrogens is 3. The van der Waals surface area contributed by atoms with Gasteiger partial charge in [0.05, 0.1) is 7.11 Å².